The van der Waals surface area contributed by atoms with E-state index < -0.39 is 0 Å². The maximum Gasteiger partial charge on any atom is 0.138 e. The maximum atomic E-state index is 11.2. The van der Waals surface area contributed by atoms with Gasteiger partial charge >= 0.3 is 0 Å². The minimum atomic E-state index is 0. The molecule has 0 aromatic heterocycles. The summed E-state index contributed by atoms with van der Waals surface area (Å²) in [5.74, 6) is 0.205. The molecule has 0 saturated carbocycles. The van der Waals surface area contributed by atoms with Gasteiger partial charge in [0.15, 0.2) is 0 Å². The molecule has 1 aromatic rings. The zero-order valence-electron chi connectivity index (χ0n) is 7.42. The van der Waals surface area contributed by atoms with Crippen molar-refractivity contribution in [3.63, 3.8) is 0 Å². The molecular formula is C10H11OY-. The number of aryl methyl sites for hydroxylation is 1. The van der Waals surface area contributed by atoms with Crippen LogP contribution in [0.15, 0.2) is 18.2 Å². The Bertz CT molecular complexity index is 268. The van der Waals surface area contributed by atoms with Gasteiger partial charge in [0.1, 0.15) is 5.78 Å². The van der Waals surface area contributed by atoms with Crippen LogP contribution in [0.5, 0.6) is 0 Å². The van der Waals surface area contributed by atoms with Crippen LogP contribution >= 0.6 is 0 Å². The summed E-state index contributed by atoms with van der Waals surface area (Å²) < 4.78 is 0. The topological polar surface area (TPSA) is 17.1 Å². The van der Waals surface area contributed by atoms with Crippen LogP contribution in [0.3, 0.4) is 0 Å². The maximum absolute atomic E-state index is 11.2. The minimum Gasteiger partial charge on any atom is -0.297 e. The van der Waals surface area contributed by atoms with Crippen LogP contribution in [0.2, 0.25) is 0 Å². The van der Waals surface area contributed by atoms with E-state index in [-0.39, 0.29) is 38.5 Å². The third-order valence-electron chi connectivity index (χ3n) is 1.69. The van der Waals surface area contributed by atoms with Crippen molar-refractivity contribution < 1.29 is 37.5 Å². The van der Waals surface area contributed by atoms with Gasteiger partial charge in [0.2, 0.25) is 0 Å². The van der Waals surface area contributed by atoms with Gasteiger partial charge in [-0.2, -0.15) is 24.3 Å². The monoisotopic (exact) mass is 236 g/mol. The third-order valence-corrected chi connectivity index (χ3v) is 1.69. The smallest absolute Gasteiger partial charge is 0.138 e. The van der Waals surface area contributed by atoms with Crippen LogP contribution in [0, 0.1) is 13.0 Å². The SMILES string of the molecule is CCC(=O)c1cc[c-]cc1C.[Y]. The fourth-order valence-electron chi connectivity index (χ4n) is 1.02. The van der Waals surface area contributed by atoms with Gasteiger partial charge in [0, 0.05) is 39.1 Å². The molecule has 0 aliphatic carbocycles. The molecule has 0 heterocycles. The van der Waals surface area contributed by atoms with Crippen molar-refractivity contribution in [3.05, 3.63) is 35.4 Å². The molecular weight excluding hydrogens is 225 g/mol. The van der Waals surface area contributed by atoms with Crippen molar-refractivity contribution in [2.24, 2.45) is 0 Å². The molecule has 1 aromatic carbocycles. The summed E-state index contributed by atoms with van der Waals surface area (Å²) in [4.78, 5) is 11.2. The van der Waals surface area contributed by atoms with E-state index >= 15 is 0 Å². The van der Waals surface area contributed by atoms with Gasteiger partial charge in [-0.1, -0.05) is 19.4 Å². The molecule has 1 radical (unpaired) electrons. The second-order valence-corrected chi connectivity index (χ2v) is 2.52. The summed E-state index contributed by atoms with van der Waals surface area (Å²) in [6.45, 7) is 3.80. The molecule has 0 unspecified atom stereocenters. The van der Waals surface area contributed by atoms with Crippen molar-refractivity contribution in [2.75, 3.05) is 0 Å². The zero-order valence-corrected chi connectivity index (χ0v) is 10.3. The standard InChI is InChI=1S/C10H11O.Y/c1-3-10(11)9-7-5-4-6-8(9)2;/h5-7H,3H2,1-2H3;/q-1;. The molecule has 0 fully saturated rings. The fourth-order valence-corrected chi connectivity index (χ4v) is 1.02. The number of Topliss-reactive ketones (excluding diaryl/α,β-unsaturated/α-hetero) is 1. The largest absolute Gasteiger partial charge is 0.297 e. The fraction of sp³-hybridized carbons (Fsp3) is 0.300. The third kappa shape index (κ3) is 2.80. The number of carbonyl (C=O) groups is 1. The van der Waals surface area contributed by atoms with Crippen LogP contribution in [0.4, 0.5) is 0 Å². The Hall–Kier alpha value is -0.00610. The van der Waals surface area contributed by atoms with E-state index in [2.05, 4.69) is 6.07 Å². The van der Waals surface area contributed by atoms with Crippen LogP contribution in [-0.2, 0) is 32.7 Å². The zero-order chi connectivity index (χ0) is 8.27. The molecule has 0 spiro atoms. The van der Waals surface area contributed by atoms with Gasteiger partial charge < -0.3 is 0 Å². The molecule has 1 rings (SSSR count). The van der Waals surface area contributed by atoms with Crippen LogP contribution in [0.25, 0.3) is 0 Å². The number of rotatable bonds is 2. The summed E-state index contributed by atoms with van der Waals surface area (Å²) in [7, 11) is 0. The number of carbonyl (C=O) groups excluding carboxylic acids is 1. The van der Waals surface area contributed by atoms with E-state index in [0.29, 0.717) is 6.42 Å². The van der Waals surface area contributed by atoms with E-state index in [4.69, 9.17) is 0 Å². The van der Waals surface area contributed by atoms with Gasteiger partial charge in [0.05, 0.1) is 0 Å². The summed E-state index contributed by atoms with van der Waals surface area (Å²) in [5, 5.41) is 0. The average Bonchev–Trinajstić information content (AvgIpc) is 2.04. The van der Waals surface area contributed by atoms with E-state index in [1.807, 2.05) is 26.0 Å². The quantitative estimate of drug-likeness (QED) is 0.569. The van der Waals surface area contributed by atoms with Gasteiger partial charge in [0.25, 0.3) is 0 Å². The Labute approximate surface area is 98.4 Å². The summed E-state index contributed by atoms with van der Waals surface area (Å²) in [6, 6.07) is 8.36. The first-order valence-electron chi connectivity index (χ1n) is 3.75. The Balaban J connectivity index is 0.00000121. The van der Waals surface area contributed by atoms with Crippen molar-refractivity contribution in [3.8, 4) is 0 Å². The second-order valence-electron chi connectivity index (χ2n) is 2.52. The molecule has 0 bridgehead atoms. The van der Waals surface area contributed by atoms with Gasteiger partial charge in [-0.3, -0.25) is 4.79 Å². The molecule has 61 valence electrons. The molecule has 0 aliphatic heterocycles. The molecule has 0 saturated heterocycles. The van der Waals surface area contributed by atoms with Crippen molar-refractivity contribution in [2.45, 2.75) is 20.3 Å². The second kappa shape index (κ2) is 5.61. The first-order chi connectivity index (χ1) is 5.25. The summed E-state index contributed by atoms with van der Waals surface area (Å²) in [5.41, 5.74) is 1.84. The normalized spacial score (nSPS) is 8.83. The van der Waals surface area contributed by atoms with Gasteiger partial charge in [-0.05, 0) is 0 Å². The molecule has 2 heteroatoms. The Morgan fingerprint density at radius 1 is 1.58 bits per heavy atom. The molecule has 12 heavy (non-hydrogen) atoms. The molecule has 1 nitrogen and oxygen atoms in total. The van der Waals surface area contributed by atoms with Crippen molar-refractivity contribution in [1.29, 1.82) is 0 Å². The predicted octanol–water partition coefficient (Wildman–Crippen LogP) is 2.39. The average molecular weight is 236 g/mol. The number of ketones is 1. The molecule has 0 aliphatic rings. The minimum absolute atomic E-state index is 0. The Morgan fingerprint density at radius 2 is 2.25 bits per heavy atom. The predicted molar refractivity (Wildman–Crippen MR) is 44.6 cm³/mol. The van der Waals surface area contributed by atoms with Crippen LogP contribution in [-0.4, -0.2) is 5.78 Å². The Kier molecular flexibility index (Phi) is 5.60. The first kappa shape index (κ1) is 12.0. The van der Waals surface area contributed by atoms with Crippen LogP contribution in [0.1, 0.15) is 29.3 Å². The summed E-state index contributed by atoms with van der Waals surface area (Å²) >= 11 is 0. The first-order valence-corrected chi connectivity index (χ1v) is 3.75. The van der Waals surface area contributed by atoms with E-state index in [9.17, 15) is 4.79 Å². The van der Waals surface area contributed by atoms with E-state index in [1.165, 1.54) is 0 Å². The van der Waals surface area contributed by atoms with E-state index in [1.54, 1.807) is 6.07 Å². The molecule has 0 atom stereocenters. The van der Waals surface area contributed by atoms with Gasteiger partial charge in [-0.25, -0.2) is 0 Å². The van der Waals surface area contributed by atoms with Crippen molar-refractivity contribution in [1.82, 2.24) is 0 Å². The van der Waals surface area contributed by atoms with E-state index in [0.717, 1.165) is 11.1 Å². The molecule has 0 amide bonds. The summed E-state index contributed by atoms with van der Waals surface area (Å²) in [6.07, 6.45) is 0.574. The van der Waals surface area contributed by atoms with Crippen molar-refractivity contribution >= 4 is 5.78 Å². The van der Waals surface area contributed by atoms with Gasteiger partial charge in [-0.15, -0.1) is 5.56 Å². The molecule has 0 N–H and O–H groups in total. The Morgan fingerprint density at radius 3 is 2.75 bits per heavy atom. The number of benzene rings is 1. The number of hydrogen-bond acceptors (Lipinski definition) is 1. The number of hydrogen-bond donors (Lipinski definition) is 0. The van der Waals surface area contributed by atoms with Crippen LogP contribution < -0.4 is 0 Å².